The molecular formula is C11H16F4O2. The topological polar surface area (TPSA) is 26.3 Å². The Morgan fingerprint density at radius 3 is 2.35 bits per heavy atom. The monoisotopic (exact) mass is 256 g/mol. The van der Waals surface area contributed by atoms with Crippen LogP contribution in [0.2, 0.25) is 0 Å². The molecule has 0 saturated heterocycles. The Labute approximate surface area is 97.6 Å². The van der Waals surface area contributed by atoms with Crippen LogP contribution < -0.4 is 0 Å². The maximum Gasteiger partial charge on any atom is 0.389 e. The first-order valence-electron chi connectivity index (χ1n) is 5.39. The molecule has 0 rings (SSSR count). The summed E-state index contributed by atoms with van der Waals surface area (Å²) in [5, 5.41) is 0. The molecule has 0 spiro atoms. The molecule has 0 aliphatic rings. The van der Waals surface area contributed by atoms with E-state index in [1.165, 1.54) is 0 Å². The highest BCUT2D eigenvalue weighted by atomic mass is 19.4. The largest absolute Gasteiger partial charge is 0.428 e. The van der Waals surface area contributed by atoms with Gasteiger partial charge in [0, 0.05) is 18.9 Å². The number of carbonyl (C=O) groups is 1. The van der Waals surface area contributed by atoms with Gasteiger partial charge in [-0.1, -0.05) is 19.4 Å². The molecule has 1 atom stereocenters. The van der Waals surface area contributed by atoms with E-state index in [4.69, 9.17) is 0 Å². The SMILES string of the molecule is C=CC(=O)OC(F)CCCCCCC(F)(F)F. The van der Waals surface area contributed by atoms with Gasteiger partial charge in [0.1, 0.15) is 0 Å². The number of hydrogen-bond acceptors (Lipinski definition) is 2. The van der Waals surface area contributed by atoms with Crippen LogP contribution in [0.15, 0.2) is 12.7 Å². The molecule has 2 nitrogen and oxygen atoms in total. The van der Waals surface area contributed by atoms with E-state index in [1.807, 2.05) is 0 Å². The van der Waals surface area contributed by atoms with E-state index in [-0.39, 0.29) is 12.8 Å². The Morgan fingerprint density at radius 2 is 1.82 bits per heavy atom. The number of hydrogen-bond donors (Lipinski definition) is 0. The number of carbonyl (C=O) groups excluding carboxylic acids is 1. The third-order valence-electron chi connectivity index (χ3n) is 2.05. The van der Waals surface area contributed by atoms with Gasteiger partial charge < -0.3 is 4.74 Å². The van der Waals surface area contributed by atoms with Crippen molar-refractivity contribution >= 4 is 5.97 Å². The third-order valence-corrected chi connectivity index (χ3v) is 2.05. The fourth-order valence-corrected chi connectivity index (χ4v) is 1.22. The lowest BCUT2D eigenvalue weighted by atomic mass is 10.1. The molecule has 0 aliphatic heterocycles. The van der Waals surface area contributed by atoms with Gasteiger partial charge in [-0.2, -0.15) is 13.2 Å². The lowest BCUT2D eigenvalue weighted by Crippen LogP contribution is -2.11. The minimum atomic E-state index is -4.12. The number of rotatable bonds is 8. The molecular weight excluding hydrogens is 240 g/mol. The third kappa shape index (κ3) is 11.2. The van der Waals surface area contributed by atoms with E-state index in [0.29, 0.717) is 19.3 Å². The molecule has 1 unspecified atom stereocenters. The Hall–Kier alpha value is -1.07. The van der Waals surface area contributed by atoms with E-state index in [9.17, 15) is 22.4 Å². The van der Waals surface area contributed by atoms with Crippen LogP contribution in [-0.4, -0.2) is 18.5 Å². The van der Waals surface area contributed by atoms with E-state index < -0.39 is 24.9 Å². The molecule has 17 heavy (non-hydrogen) atoms. The summed E-state index contributed by atoms with van der Waals surface area (Å²) in [6.07, 6.45) is -4.45. The minimum absolute atomic E-state index is 0.00555. The summed E-state index contributed by atoms with van der Waals surface area (Å²) in [6.45, 7) is 3.11. The minimum Gasteiger partial charge on any atom is -0.428 e. The fraction of sp³-hybridized carbons (Fsp3) is 0.727. The predicted octanol–water partition coefficient (Wildman–Crippen LogP) is 3.91. The molecule has 0 fully saturated rings. The van der Waals surface area contributed by atoms with Crippen molar-refractivity contribution in [2.75, 3.05) is 0 Å². The van der Waals surface area contributed by atoms with Crippen LogP contribution in [0.3, 0.4) is 0 Å². The first-order valence-corrected chi connectivity index (χ1v) is 5.39. The normalized spacial score (nSPS) is 13.2. The second-order valence-corrected chi connectivity index (χ2v) is 3.62. The zero-order valence-electron chi connectivity index (χ0n) is 9.43. The van der Waals surface area contributed by atoms with Gasteiger partial charge in [-0.05, 0) is 12.8 Å². The molecule has 0 N–H and O–H groups in total. The van der Waals surface area contributed by atoms with Crippen molar-refractivity contribution in [1.29, 1.82) is 0 Å². The van der Waals surface area contributed by atoms with Gasteiger partial charge in [0.05, 0.1) is 0 Å². The molecule has 0 bridgehead atoms. The van der Waals surface area contributed by atoms with E-state index in [0.717, 1.165) is 6.08 Å². The number of halogens is 4. The summed E-state index contributed by atoms with van der Waals surface area (Å²) in [6, 6.07) is 0. The molecule has 0 aliphatic carbocycles. The quantitative estimate of drug-likeness (QED) is 0.285. The van der Waals surface area contributed by atoms with Crippen molar-refractivity contribution in [3.63, 3.8) is 0 Å². The van der Waals surface area contributed by atoms with Gasteiger partial charge in [-0.25, -0.2) is 9.18 Å². The molecule has 0 aromatic heterocycles. The van der Waals surface area contributed by atoms with E-state index >= 15 is 0 Å². The first-order chi connectivity index (χ1) is 7.85. The highest BCUT2D eigenvalue weighted by Gasteiger charge is 2.25. The van der Waals surface area contributed by atoms with Crippen LogP contribution in [0.1, 0.15) is 38.5 Å². The number of unbranched alkanes of at least 4 members (excludes halogenated alkanes) is 3. The highest BCUT2D eigenvalue weighted by Crippen LogP contribution is 2.23. The van der Waals surface area contributed by atoms with Crippen molar-refractivity contribution in [1.82, 2.24) is 0 Å². The van der Waals surface area contributed by atoms with Crippen molar-refractivity contribution in [2.45, 2.75) is 51.1 Å². The summed E-state index contributed by atoms with van der Waals surface area (Å²) in [7, 11) is 0. The molecule has 100 valence electrons. The summed E-state index contributed by atoms with van der Waals surface area (Å²) in [5.74, 6) is -0.838. The van der Waals surface area contributed by atoms with Gasteiger partial charge in [0.25, 0.3) is 0 Å². The van der Waals surface area contributed by atoms with Gasteiger partial charge in [-0.15, -0.1) is 0 Å². The van der Waals surface area contributed by atoms with Crippen LogP contribution >= 0.6 is 0 Å². The number of esters is 1. The number of alkyl halides is 4. The predicted molar refractivity (Wildman–Crippen MR) is 54.9 cm³/mol. The van der Waals surface area contributed by atoms with E-state index in [2.05, 4.69) is 11.3 Å². The zero-order chi connectivity index (χ0) is 13.3. The average Bonchev–Trinajstić information content (AvgIpc) is 2.21. The molecule has 0 saturated carbocycles. The molecule has 0 aromatic rings. The summed E-state index contributed by atoms with van der Waals surface area (Å²) >= 11 is 0. The van der Waals surface area contributed by atoms with Crippen LogP contribution in [-0.2, 0) is 9.53 Å². The highest BCUT2D eigenvalue weighted by molar-refractivity contribution is 5.81. The second-order valence-electron chi connectivity index (χ2n) is 3.62. The second kappa shape index (κ2) is 8.08. The van der Waals surface area contributed by atoms with Gasteiger partial charge in [0.2, 0.25) is 6.36 Å². The zero-order valence-corrected chi connectivity index (χ0v) is 9.43. The Morgan fingerprint density at radius 1 is 1.24 bits per heavy atom. The summed E-state index contributed by atoms with van der Waals surface area (Å²) < 4.78 is 52.4. The van der Waals surface area contributed by atoms with Gasteiger partial charge in [-0.3, -0.25) is 0 Å². The van der Waals surface area contributed by atoms with Gasteiger partial charge >= 0.3 is 12.1 Å². The summed E-state index contributed by atoms with van der Waals surface area (Å²) in [4.78, 5) is 10.6. The summed E-state index contributed by atoms with van der Waals surface area (Å²) in [5.41, 5.74) is 0. The van der Waals surface area contributed by atoms with Gasteiger partial charge in [0.15, 0.2) is 0 Å². The van der Waals surface area contributed by atoms with Crippen LogP contribution in [0.4, 0.5) is 17.6 Å². The van der Waals surface area contributed by atoms with E-state index in [1.54, 1.807) is 0 Å². The maximum atomic E-state index is 12.9. The van der Waals surface area contributed by atoms with Crippen LogP contribution in [0.5, 0.6) is 0 Å². The fourth-order valence-electron chi connectivity index (χ4n) is 1.22. The molecule has 0 heterocycles. The lowest BCUT2D eigenvalue weighted by Gasteiger charge is -2.08. The maximum absolute atomic E-state index is 12.9. The van der Waals surface area contributed by atoms with Crippen molar-refractivity contribution < 1.29 is 27.1 Å². The average molecular weight is 256 g/mol. The number of ether oxygens (including phenoxy) is 1. The van der Waals surface area contributed by atoms with Crippen molar-refractivity contribution in [3.8, 4) is 0 Å². The first kappa shape index (κ1) is 15.9. The Kier molecular flexibility index (Phi) is 7.58. The molecule has 6 heteroatoms. The Bertz CT molecular complexity index is 238. The van der Waals surface area contributed by atoms with Crippen LogP contribution in [0, 0.1) is 0 Å². The smallest absolute Gasteiger partial charge is 0.389 e. The molecule has 0 radical (unpaired) electrons. The van der Waals surface area contributed by atoms with Crippen molar-refractivity contribution in [2.24, 2.45) is 0 Å². The molecule has 0 aromatic carbocycles. The standard InChI is InChI=1S/C11H16F4O2/c1-2-10(16)17-9(12)7-5-3-4-6-8-11(13,14)15/h2,9H,1,3-8H2. The Balaban J connectivity index is 3.39. The lowest BCUT2D eigenvalue weighted by molar-refractivity contribution is -0.152. The van der Waals surface area contributed by atoms with Crippen LogP contribution in [0.25, 0.3) is 0 Å². The van der Waals surface area contributed by atoms with Crippen molar-refractivity contribution in [3.05, 3.63) is 12.7 Å². The molecule has 0 amide bonds.